The van der Waals surface area contributed by atoms with Crippen LogP contribution in [0.1, 0.15) is 37.4 Å². The van der Waals surface area contributed by atoms with Gasteiger partial charge in [-0.15, -0.1) is 0 Å². The predicted molar refractivity (Wildman–Crippen MR) is 147 cm³/mol. The van der Waals surface area contributed by atoms with Gasteiger partial charge in [-0.2, -0.15) is 0 Å². The van der Waals surface area contributed by atoms with Crippen LogP contribution in [0, 0.1) is 0 Å². The lowest BCUT2D eigenvalue weighted by Gasteiger charge is -2.36. The van der Waals surface area contributed by atoms with Crippen LogP contribution in [0.3, 0.4) is 0 Å². The maximum atomic E-state index is 13.2. The monoisotopic (exact) mass is 576 g/mol. The third kappa shape index (κ3) is 5.80. The minimum atomic E-state index is -1.39. The fourth-order valence-electron chi connectivity index (χ4n) is 4.88. The Morgan fingerprint density at radius 2 is 1.45 bits per heavy atom. The Morgan fingerprint density at radius 3 is 2.10 bits per heavy atom. The Bertz CT molecular complexity index is 1490. The third-order valence-electron chi connectivity index (χ3n) is 6.71. The molecule has 13 nitrogen and oxygen atoms in total. The molecule has 1 spiro atoms. The standard InChI is InChI=1S/C29H28N4O9/c30-33-32-8-10-39-12-14-40-13-11-38-9-7-31-27(36)18-1-4-22-21(15-18)28(37)42-29(22)23-5-2-19(34)16-25(23)41-26-17-20(35)3-6-24(26)29/h1-6,15-17,34-35H,7-14H2,(H,31,36). The van der Waals surface area contributed by atoms with Gasteiger partial charge in [-0.25, -0.2) is 4.79 Å². The van der Waals surface area contributed by atoms with Crippen LogP contribution in [0.25, 0.3) is 10.4 Å². The zero-order chi connectivity index (χ0) is 29.5. The lowest BCUT2D eigenvalue weighted by atomic mass is 9.77. The average molecular weight is 577 g/mol. The van der Waals surface area contributed by atoms with Crippen LogP contribution >= 0.6 is 0 Å². The van der Waals surface area contributed by atoms with Gasteiger partial charge < -0.3 is 39.2 Å². The lowest BCUT2D eigenvalue weighted by Crippen LogP contribution is -2.33. The number of benzene rings is 3. The van der Waals surface area contributed by atoms with Gasteiger partial charge in [0.2, 0.25) is 0 Å². The average Bonchev–Trinajstić information content (AvgIpc) is 3.26. The molecule has 0 unspecified atom stereocenters. The molecule has 5 rings (SSSR count). The molecule has 0 atom stereocenters. The van der Waals surface area contributed by atoms with E-state index in [1.165, 1.54) is 30.3 Å². The summed E-state index contributed by atoms with van der Waals surface area (Å²) in [4.78, 5) is 28.7. The molecule has 0 saturated heterocycles. The van der Waals surface area contributed by atoms with Crippen molar-refractivity contribution in [2.45, 2.75) is 5.60 Å². The normalized spacial score (nSPS) is 13.8. The second-order valence-corrected chi connectivity index (χ2v) is 9.34. The van der Waals surface area contributed by atoms with Crippen LogP contribution in [0.15, 0.2) is 59.7 Å². The number of fused-ring (bicyclic) bond motifs is 6. The first-order valence-electron chi connectivity index (χ1n) is 13.2. The van der Waals surface area contributed by atoms with Crippen LogP contribution in [0.2, 0.25) is 0 Å². The number of esters is 1. The van der Waals surface area contributed by atoms with Gasteiger partial charge in [0, 0.05) is 52.4 Å². The summed E-state index contributed by atoms with van der Waals surface area (Å²) in [6.07, 6.45) is 0. The highest BCUT2D eigenvalue weighted by Gasteiger charge is 2.53. The summed E-state index contributed by atoms with van der Waals surface area (Å²) in [5.41, 5.74) is 8.80. The Hall–Kier alpha value is -4.81. The van der Waals surface area contributed by atoms with E-state index in [4.69, 9.17) is 29.2 Å². The van der Waals surface area contributed by atoms with Crippen molar-refractivity contribution in [3.63, 3.8) is 0 Å². The number of nitrogens with zero attached hydrogens (tertiary/aromatic N) is 3. The third-order valence-corrected chi connectivity index (χ3v) is 6.71. The molecule has 3 aromatic rings. The second kappa shape index (κ2) is 12.8. The van der Waals surface area contributed by atoms with Crippen molar-refractivity contribution in [1.29, 1.82) is 0 Å². The number of phenols is 2. The molecule has 0 radical (unpaired) electrons. The topological polar surface area (TPSA) is 182 Å². The van der Waals surface area contributed by atoms with Crippen molar-refractivity contribution in [2.75, 3.05) is 52.7 Å². The molecule has 0 bridgehead atoms. The molecule has 3 aromatic carbocycles. The van der Waals surface area contributed by atoms with Crippen LogP contribution in [-0.2, 0) is 24.5 Å². The summed E-state index contributed by atoms with van der Waals surface area (Å²) in [6, 6.07) is 13.8. The molecule has 218 valence electrons. The number of carbonyl (C=O) groups is 2. The zero-order valence-electron chi connectivity index (χ0n) is 22.4. The number of hydrogen-bond donors (Lipinski definition) is 3. The van der Waals surface area contributed by atoms with Gasteiger partial charge in [0.05, 0.1) is 45.2 Å². The molecule has 0 fully saturated rings. The van der Waals surface area contributed by atoms with Gasteiger partial charge in [-0.05, 0) is 41.9 Å². The number of carbonyl (C=O) groups excluding carboxylic acids is 2. The Morgan fingerprint density at radius 1 is 0.857 bits per heavy atom. The van der Waals surface area contributed by atoms with E-state index in [1.807, 2.05) is 0 Å². The lowest BCUT2D eigenvalue weighted by molar-refractivity contribution is 0.0166. The number of phenolic OH excluding ortho intramolecular Hbond substituents is 2. The molecular weight excluding hydrogens is 548 g/mol. The molecule has 2 aliphatic heterocycles. The molecule has 2 heterocycles. The summed E-state index contributed by atoms with van der Waals surface area (Å²) in [5, 5.41) is 26.2. The smallest absolute Gasteiger partial charge is 0.340 e. The summed E-state index contributed by atoms with van der Waals surface area (Å²) in [6.45, 7) is 2.59. The second-order valence-electron chi connectivity index (χ2n) is 9.34. The minimum absolute atomic E-state index is 0.0365. The minimum Gasteiger partial charge on any atom is -0.508 e. The number of ether oxygens (including phenoxy) is 5. The first-order chi connectivity index (χ1) is 20.4. The first-order valence-corrected chi connectivity index (χ1v) is 13.2. The van der Waals surface area contributed by atoms with E-state index in [1.54, 1.807) is 24.3 Å². The van der Waals surface area contributed by atoms with E-state index >= 15 is 0 Å². The number of aromatic hydroxyl groups is 2. The maximum absolute atomic E-state index is 13.2. The summed E-state index contributed by atoms with van der Waals surface area (Å²) in [5.74, 6) is -0.528. The van der Waals surface area contributed by atoms with Crippen molar-refractivity contribution in [3.05, 3.63) is 92.9 Å². The number of nitrogens with one attached hydrogen (secondary N) is 1. The number of amides is 1. The van der Waals surface area contributed by atoms with Gasteiger partial charge in [-0.1, -0.05) is 11.2 Å². The van der Waals surface area contributed by atoms with E-state index in [2.05, 4.69) is 15.3 Å². The van der Waals surface area contributed by atoms with Crippen LogP contribution in [0.5, 0.6) is 23.0 Å². The molecule has 0 aromatic heterocycles. The van der Waals surface area contributed by atoms with Crippen molar-refractivity contribution < 1.29 is 43.5 Å². The molecule has 3 N–H and O–H groups in total. The Kier molecular flexibility index (Phi) is 8.74. The highest BCUT2D eigenvalue weighted by molar-refractivity contribution is 6.01. The van der Waals surface area contributed by atoms with E-state index < -0.39 is 11.6 Å². The zero-order valence-corrected chi connectivity index (χ0v) is 22.4. The molecule has 42 heavy (non-hydrogen) atoms. The first kappa shape index (κ1) is 28.7. The Labute approximate surface area is 240 Å². The summed E-state index contributed by atoms with van der Waals surface area (Å²) in [7, 11) is 0. The fourth-order valence-corrected chi connectivity index (χ4v) is 4.88. The van der Waals surface area contributed by atoms with Gasteiger partial charge >= 0.3 is 5.97 Å². The Balaban J connectivity index is 1.20. The van der Waals surface area contributed by atoms with Crippen LogP contribution < -0.4 is 10.1 Å². The van der Waals surface area contributed by atoms with E-state index in [9.17, 15) is 19.8 Å². The highest BCUT2D eigenvalue weighted by atomic mass is 16.6. The summed E-state index contributed by atoms with van der Waals surface area (Å²) < 4.78 is 28.0. The quantitative estimate of drug-likeness (QED) is 0.0897. The molecule has 0 saturated carbocycles. The van der Waals surface area contributed by atoms with Gasteiger partial charge in [0.15, 0.2) is 5.60 Å². The van der Waals surface area contributed by atoms with Crippen LogP contribution in [0.4, 0.5) is 0 Å². The molecule has 13 heteroatoms. The predicted octanol–water partition coefficient (Wildman–Crippen LogP) is 3.76. The van der Waals surface area contributed by atoms with E-state index in [0.717, 1.165) is 0 Å². The van der Waals surface area contributed by atoms with Gasteiger partial charge in [0.25, 0.3) is 5.91 Å². The van der Waals surface area contributed by atoms with Crippen molar-refractivity contribution >= 4 is 11.9 Å². The van der Waals surface area contributed by atoms with Crippen molar-refractivity contribution in [1.82, 2.24) is 5.32 Å². The number of azide groups is 1. The van der Waals surface area contributed by atoms with Crippen molar-refractivity contribution in [3.8, 4) is 23.0 Å². The highest BCUT2D eigenvalue weighted by Crippen LogP contribution is 2.57. The van der Waals surface area contributed by atoms with Gasteiger partial charge in [-0.3, -0.25) is 4.79 Å². The molecule has 1 amide bonds. The number of hydrogen-bond acceptors (Lipinski definition) is 10. The maximum Gasteiger partial charge on any atom is 0.340 e. The molecule has 2 aliphatic rings. The van der Waals surface area contributed by atoms with Crippen LogP contribution in [-0.4, -0.2) is 74.8 Å². The van der Waals surface area contributed by atoms with E-state index in [-0.39, 0.29) is 59.7 Å². The SMILES string of the molecule is [N-]=[N+]=NCCOCCOCCOCCNC(=O)c1ccc2c(c1)C(=O)OC21c2ccc(O)cc2Oc2cc(O)ccc21. The summed E-state index contributed by atoms with van der Waals surface area (Å²) >= 11 is 0. The largest absolute Gasteiger partial charge is 0.508 e. The molecule has 0 aliphatic carbocycles. The fraction of sp³-hybridized carbons (Fsp3) is 0.310. The molecular formula is C29H28N4O9. The van der Waals surface area contributed by atoms with E-state index in [0.29, 0.717) is 49.7 Å². The van der Waals surface area contributed by atoms with Gasteiger partial charge in [0.1, 0.15) is 23.0 Å². The number of rotatable bonds is 13. The van der Waals surface area contributed by atoms with Crippen molar-refractivity contribution in [2.24, 2.45) is 5.11 Å².